The minimum Gasteiger partial charge on any atom is -0.106 e. The highest BCUT2D eigenvalue weighted by Gasteiger charge is 2.13. The predicted octanol–water partition coefficient (Wildman–Crippen LogP) is 1.43. The zero-order valence-electron chi connectivity index (χ0n) is 6.78. The number of hydrogen-bond donors (Lipinski definition) is 0. The Morgan fingerprint density at radius 1 is 0.917 bits per heavy atom. The lowest BCUT2D eigenvalue weighted by molar-refractivity contribution is 0.402. The van der Waals surface area contributed by atoms with Gasteiger partial charge >= 0.3 is 0 Å². The fourth-order valence-corrected chi connectivity index (χ4v) is 0.821. The Hall–Kier alpha value is -1.76. The number of rotatable bonds is 0. The second-order valence-corrected chi connectivity index (χ2v) is 2.54. The van der Waals surface area contributed by atoms with Crippen LogP contribution in [0.5, 0.6) is 0 Å². The largest absolute Gasteiger partial charge is 0.106 e. The summed E-state index contributed by atoms with van der Waals surface area (Å²) in [4.78, 5) is 0. The summed E-state index contributed by atoms with van der Waals surface area (Å²) < 4.78 is 0. The predicted molar refractivity (Wildman–Crippen MR) is 49.5 cm³/mol. The summed E-state index contributed by atoms with van der Waals surface area (Å²) in [6.45, 7) is 0. The maximum absolute atomic E-state index is 4.89. The SMILES string of the molecule is C#CC#CC#CC#CC1CCC1. The molecule has 1 aliphatic rings. The summed E-state index contributed by atoms with van der Waals surface area (Å²) in [5.41, 5.74) is 0. The van der Waals surface area contributed by atoms with Crippen molar-refractivity contribution in [1.29, 1.82) is 0 Å². The molecule has 56 valence electrons. The van der Waals surface area contributed by atoms with Gasteiger partial charge in [0.15, 0.2) is 0 Å². The van der Waals surface area contributed by atoms with Crippen molar-refractivity contribution in [3.8, 4) is 47.9 Å². The first-order valence-electron chi connectivity index (χ1n) is 3.89. The molecule has 0 spiro atoms. The van der Waals surface area contributed by atoms with Crippen molar-refractivity contribution in [2.75, 3.05) is 0 Å². The molecule has 0 heterocycles. The van der Waals surface area contributed by atoms with E-state index in [9.17, 15) is 0 Å². The molecule has 0 aromatic rings. The lowest BCUT2D eigenvalue weighted by Gasteiger charge is -2.18. The summed E-state index contributed by atoms with van der Waals surface area (Å²) in [6.07, 6.45) is 8.66. The van der Waals surface area contributed by atoms with Crippen molar-refractivity contribution in [2.45, 2.75) is 19.3 Å². The van der Waals surface area contributed by atoms with Gasteiger partial charge in [0.05, 0.1) is 0 Å². The molecule has 0 nitrogen and oxygen atoms in total. The molecule has 0 atom stereocenters. The Morgan fingerprint density at radius 2 is 1.58 bits per heavy atom. The highest BCUT2D eigenvalue weighted by Crippen LogP contribution is 2.24. The van der Waals surface area contributed by atoms with Gasteiger partial charge in [-0.3, -0.25) is 0 Å². The number of terminal acetylenes is 1. The van der Waals surface area contributed by atoms with Crippen molar-refractivity contribution in [2.24, 2.45) is 5.92 Å². The summed E-state index contributed by atoms with van der Waals surface area (Å²) >= 11 is 0. The van der Waals surface area contributed by atoms with Crippen LogP contribution in [-0.2, 0) is 0 Å². The zero-order valence-corrected chi connectivity index (χ0v) is 6.78. The highest BCUT2D eigenvalue weighted by atomic mass is 14.2. The van der Waals surface area contributed by atoms with E-state index in [1.807, 2.05) is 0 Å². The maximum atomic E-state index is 4.89. The molecular weight excluding hydrogens is 144 g/mol. The van der Waals surface area contributed by atoms with Gasteiger partial charge in [-0.2, -0.15) is 0 Å². The third kappa shape index (κ3) is 2.88. The van der Waals surface area contributed by atoms with Crippen molar-refractivity contribution in [1.82, 2.24) is 0 Å². The normalized spacial score (nSPS) is 12.9. The topological polar surface area (TPSA) is 0 Å². The second kappa shape index (κ2) is 4.97. The van der Waals surface area contributed by atoms with Crippen LogP contribution >= 0.6 is 0 Å². The van der Waals surface area contributed by atoms with E-state index in [4.69, 9.17) is 6.42 Å². The van der Waals surface area contributed by atoms with Crippen LogP contribution in [0, 0.1) is 53.8 Å². The molecule has 0 radical (unpaired) electrons. The standard InChI is InChI=1S/C12H8/c1-2-3-4-5-6-7-9-12-10-8-11-12/h1,12H,8,10-11H2. The smallest absolute Gasteiger partial charge is 0.0213 e. The Balaban J connectivity index is 2.33. The third-order valence-electron chi connectivity index (χ3n) is 1.70. The van der Waals surface area contributed by atoms with E-state index in [-0.39, 0.29) is 0 Å². The van der Waals surface area contributed by atoms with Crippen molar-refractivity contribution < 1.29 is 0 Å². The van der Waals surface area contributed by atoms with Crippen LogP contribution in [0.2, 0.25) is 0 Å². The van der Waals surface area contributed by atoms with E-state index < -0.39 is 0 Å². The Kier molecular flexibility index (Phi) is 3.45. The van der Waals surface area contributed by atoms with Crippen molar-refractivity contribution in [3.05, 3.63) is 0 Å². The molecule has 0 heteroatoms. The van der Waals surface area contributed by atoms with Gasteiger partial charge in [-0.05, 0) is 48.4 Å². The lowest BCUT2D eigenvalue weighted by atomic mass is 9.86. The highest BCUT2D eigenvalue weighted by molar-refractivity contribution is 5.39. The molecule has 0 aromatic carbocycles. The fraction of sp³-hybridized carbons (Fsp3) is 0.333. The summed E-state index contributed by atoms with van der Waals surface area (Å²) in [6, 6.07) is 0. The molecule has 0 unspecified atom stereocenters. The number of hydrogen-bond acceptors (Lipinski definition) is 0. The first-order chi connectivity index (χ1) is 5.93. The van der Waals surface area contributed by atoms with Crippen LogP contribution in [0.4, 0.5) is 0 Å². The molecule has 1 fully saturated rings. The van der Waals surface area contributed by atoms with Gasteiger partial charge in [0.1, 0.15) is 0 Å². The summed E-state index contributed by atoms with van der Waals surface area (Å²) in [5.74, 6) is 18.7. The Morgan fingerprint density at radius 3 is 2.17 bits per heavy atom. The van der Waals surface area contributed by atoms with Crippen LogP contribution in [0.1, 0.15) is 19.3 Å². The summed E-state index contributed by atoms with van der Waals surface area (Å²) in [5, 5.41) is 0. The Labute approximate surface area is 73.7 Å². The second-order valence-electron chi connectivity index (χ2n) is 2.54. The maximum Gasteiger partial charge on any atom is 0.0213 e. The third-order valence-corrected chi connectivity index (χ3v) is 1.70. The molecule has 0 amide bonds. The molecule has 0 N–H and O–H groups in total. The van der Waals surface area contributed by atoms with Crippen LogP contribution < -0.4 is 0 Å². The van der Waals surface area contributed by atoms with Crippen molar-refractivity contribution in [3.63, 3.8) is 0 Å². The van der Waals surface area contributed by atoms with Gasteiger partial charge in [-0.1, -0.05) is 12.3 Å². The minimum atomic E-state index is 0.583. The van der Waals surface area contributed by atoms with Gasteiger partial charge in [0, 0.05) is 5.92 Å². The van der Waals surface area contributed by atoms with E-state index in [1.54, 1.807) is 0 Å². The molecule has 0 aliphatic heterocycles. The van der Waals surface area contributed by atoms with E-state index >= 15 is 0 Å². The first kappa shape index (κ1) is 8.34. The van der Waals surface area contributed by atoms with E-state index in [1.165, 1.54) is 19.3 Å². The Bertz CT molecular complexity index is 356. The van der Waals surface area contributed by atoms with Crippen LogP contribution in [0.25, 0.3) is 0 Å². The molecule has 12 heavy (non-hydrogen) atoms. The molecular formula is C12H8. The fourth-order valence-electron chi connectivity index (χ4n) is 0.821. The van der Waals surface area contributed by atoms with Crippen LogP contribution in [0.3, 0.4) is 0 Å². The summed E-state index contributed by atoms with van der Waals surface area (Å²) in [7, 11) is 0. The first-order valence-corrected chi connectivity index (χ1v) is 3.89. The molecule has 0 aromatic heterocycles. The van der Waals surface area contributed by atoms with Gasteiger partial charge < -0.3 is 0 Å². The van der Waals surface area contributed by atoms with Gasteiger partial charge in [0.25, 0.3) is 0 Å². The molecule has 1 saturated carbocycles. The quantitative estimate of drug-likeness (QED) is 0.461. The lowest BCUT2D eigenvalue weighted by Crippen LogP contribution is -2.07. The zero-order chi connectivity index (χ0) is 8.65. The van der Waals surface area contributed by atoms with Gasteiger partial charge in [-0.25, -0.2) is 0 Å². The monoisotopic (exact) mass is 152 g/mol. The van der Waals surface area contributed by atoms with E-state index in [0.717, 1.165) is 0 Å². The van der Waals surface area contributed by atoms with Gasteiger partial charge in [0.2, 0.25) is 0 Å². The minimum absolute atomic E-state index is 0.583. The van der Waals surface area contributed by atoms with Crippen LogP contribution in [-0.4, -0.2) is 0 Å². The molecule has 0 bridgehead atoms. The van der Waals surface area contributed by atoms with Crippen molar-refractivity contribution >= 4 is 0 Å². The molecule has 1 aliphatic carbocycles. The van der Waals surface area contributed by atoms with E-state index in [0.29, 0.717) is 5.92 Å². The molecule has 1 rings (SSSR count). The molecule has 0 saturated heterocycles. The average molecular weight is 152 g/mol. The van der Waals surface area contributed by atoms with Crippen LogP contribution in [0.15, 0.2) is 0 Å². The van der Waals surface area contributed by atoms with E-state index in [2.05, 4.69) is 41.4 Å². The average Bonchev–Trinajstić information content (AvgIpc) is 2.00. The van der Waals surface area contributed by atoms with Gasteiger partial charge in [-0.15, -0.1) is 6.42 Å².